The lowest BCUT2D eigenvalue weighted by Crippen LogP contribution is -2.25. The van der Waals surface area contributed by atoms with E-state index < -0.39 is 0 Å². The molecule has 0 aromatic carbocycles. The summed E-state index contributed by atoms with van der Waals surface area (Å²) < 4.78 is 5.67. The molecule has 1 aliphatic rings. The molecule has 0 aliphatic carbocycles. The second kappa shape index (κ2) is 5.82. The summed E-state index contributed by atoms with van der Waals surface area (Å²) in [5.74, 6) is 1.02. The Hall–Kier alpha value is -1.35. The first-order chi connectivity index (χ1) is 8.31. The number of hydrogen-bond acceptors (Lipinski definition) is 3. The van der Waals surface area contributed by atoms with E-state index in [0.29, 0.717) is 0 Å². The third kappa shape index (κ3) is 3.07. The molecule has 1 aliphatic heterocycles. The minimum Gasteiger partial charge on any atom is -0.496 e. The molecule has 0 spiro atoms. The molecule has 1 aromatic rings. The predicted molar refractivity (Wildman–Crippen MR) is 68.7 cm³/mol. The molecule has 1 aromatic heterocycles. The quantitative estimate of drug-likeness (QED) is 0.847. The third-order valence-electron chi connectivity index (χ3n) is 2.82. The van der Waals surface area contributed by atoms with Crippen LogP contribution in [0.4, 0.5) is 0 Å². The fourth-order valence-electron chi connectivity index (χ4n) is 2.00. The van der Waals surface area contributed by atoms with Gasteiger partial charge in [-0.3, -0.25) is 4.98 Å². The largest absolute Gasteiger partial charge is 0.496 e. The lowest BCUT2D eigenvalue weighted by Gasteiger charge is -2.19. The van der Waals surface area contributed by atoms with Crippen molar-refractivity contribution in [1.29, 1.82) is 0 Å². The molecule has 92 valence electrons. The van der Waals surface area contributed by atoms with Crippen molar-refractivity contribution >= 4 is 0 Å². The van der Waals surface area contributed by atoms with E-state index in [4.69, 9.17) is 4.74 Å². The standard InChI is InChI=1S/C14H20N2O/c1-3-9-15-14(13-8-5-10-17-13)12-7-4-6-11(2)16-12/h4,6-8,14-15H,3,5,9-10H2,1-2H3. The molecule has 2 rings (SSSR count). The van der Waals surface area contributed by atoms with Crippen molar-refractivity contribution in [1.82, 2.24) is 10.3 Å². The molecule has 1 atom stereocenters. The maximum absolute atomic E-state index is 5.67. The summed E-state index contributed by atoms with van der Waals surface area (Å²) in [4.78, 5) is 4.59. The molecule has 0 fully saturated rings. The Morgan fingerprint density at radius 3 is 3.00 bits per heavy atom. The molecule has 0 amide bonds. The maximum Gasteiger partial charge on any atom is 0.115 e. The van der Waals surface area contributed by atoms with Gasteiger partial charge in [0.25, 0.3) is 0 Å². The third-order valence-corrected chi connectivity index (χ3v) is 2.82. The van der Waals surface area contributed by atoms with E-state index in [-0.39, 0.29) is 6.04 Å². The first-order valence-electron chi connectivity index (χ1n) is 6.31. The zero-order valence-corrected chi connectivity index (χ0v) is 10.6. The number of aryl methyl sites for hydroxylation is 1. The van der Waals surface area contributed by atoms with Gasteiger partial charge < -0.3 is 10.1 Å². The van der Waals surface area contributed by atoms with Crippen molar-refractivity contribution in [3.8, 4) is 0 Å². The van der Waals surface area contributed by atoms with Crippen LogP contribution in [0.15, 0.2) is 30.0 Å². The van der Waals surface area contributed by atoms with Gasteiger partial charge in [-0.1, -0.05) is 13.0 Å². The Balaban J connectivity index is 2.19. The highest BCUT2D eigenvalue weighted by Gasteiger charge is 2.21. The van der Waals surface area contributed by atoms with E-state index in [1.165, 1.54) is 0 Å². The van der Waals surface area contributed by atoms with Gasteiger partial charge in [0.2, 0.25) is 0 Å². The summed E-state index contributed by atoms with van der Waals surface area (Å²) in [6.45, 7) is 5.95. The van der Waals surface area contributed by atoms with Gasteiger partial charge in [0.05, 0.1) is 12.3 Å². The number of ether oxygens (including phenoxy) is 1. The molecule has 3 nitrogen and oxygen atoms in total. The Morgan fingerprint density at radius 1 is 1.47 bits per heavy atom. The van der Waals surface area contributed by atoms with Crippen LogP contribution in [0, 0.1) is 6.92 Å². The van der Waals surface area contributed by atoms with Crippen LogP contribution in [0.1, 0.15) is 37.2 Å². The fourth-order valence-corrected chi connectivity index (χ4v) is 2.00. The van der Waals surface area contributed by atoms with E-state index in [0.717, 1.165) is 43.1 Å². The van der Waals surface area contributed by atoms with E-state index in [9.17, 15) is 0 Å². The van der Waals surface area contributed by atoms with Crippen molar-refractivity contribution in [3.63, 3.8) is 0 Å². The number of nitrogens with one attached hydrogen (secondary N) is 1. The van der Waals surface area contributed by atoms with E-state index in [2.05, 4.69) is 29.4 Å². The summed E-state index contributed by atoms with van der Waals surface area (Å²) in [7, 11) is 0. The van der Waals surface area contributed by atoms with Crippen molar-refractivity contribution in [3.05, 3.63) is 41.4 Å². The topological polar surface area (TPSA) is 34.1 Å². The molecule has 0 saturated heterocycles. The fraction of sp³-hybridized carbons (Fsp3) is 0.500. The number of rotatable bonds is 5. The highest BCUT2D eigenvalue weighted by molar-refractivity contribution is 5.22. The van der Waals surface area contributed by atoms with Gasteiger partial charge in [0.1, 0.15) is 11.8 Å². The van der Waals surface area contributed by atoms with Crippen LogP contribution in [-0.4, -0.2) is 18.1 Å². The highest BCUT2D eigenvalue weighted by atomic mass is 16.5. The Bertz CT molecular complexity index is 401. The molecule has 1 N–H and O–H groups in total. The second-order valence-corrected chi connectivity index (χ2v) is 4.33. The van der Waals surface area contributed by atoms with Gasteiger partial charge in [-0.15, -0.1) is 0 Å². The predicted octanol–water partition coefficient (Wildman–Crippen LogP) is 2.73. The molecule has 3 heteroatoms. The summed E-state index contributed by atoms with van der Waals surface area (Å²) in [5, 5.41) is 3.50. The Kier molecular flexibility index (Phi) is 4.15. The zero-order valence-electron chi connectivity index (χ0n) is 10.6. The molecule has 0 bridgehead atoms. The number of aromatic nitrogens is 1. The molecule has 2 heterocycles. The van der Waals surface area contributed by atoms with Crippen molar-refractivity contribution in [2.45, 2.75) is 32.7 Å². The zero-order chi connectivity index (χ0) is 12.1. The highest BCUT2D eigenvalue weighted by Crippen LogP contribution is 2.25. The SMILES string of the molecule is CCCNC(C1=CCCO1)c1cccc(C)n1. The summed E-state index contributed by atoms with van der Waals surface area (Å²) >= 11 is 0. The van der Waals surface area contributed by atoms with Gasteiger partial charge in [-0.05, 0) is 38.1 Å². The van der Waals surface area contributed by atoms with E-state index in [1.807, 2.05) is 19.1 Å². The Morgan fingerprint density at radius 2 is 2.35 bits per heavy atom. The van der Waals surface area contributed by atoms with Gasteiger partial charge in [0.15, 0.2) is 0 Å². The van der Waals surface area contributed by atoms with Crippen LogP contribution in [-0.2, 0) is 4.74 Å². The molecule has 0 saturated carbocycles. The molecule has 0 radical (unpaired) electrons. The average Bonchev–Trinajstić information content (AvgIpc) is 2.83. The number of nitrogens with zero attached hydrogens (tertiary/aromatic N) is 1. The van der Waals surface area contributed by atoms with Crippen LogP contribution in [0.25, 0.3) is 0 Å². The normalized spacial score (nSPS) is 16.5. The minimum absolute atomic E-state index is 0.109. The Labute approximate surface area is 103 Å². The van der Waals surface area contributed by atoms with Crippen molar-refractivity contribution < 1.29 is 4.74 Å². The monoisotopic (exact) mass is 232 g/mol. The minimum atomic E-state index is 0.109. The van der Waals surface area contributed by atoms with Crippen LogP contribution >= 0.6 is 0 Å². The number of hydrogen-bond donors (Lipinski definition) is 1. The van der Waals surface area contributed by atoms with Gasteiger partial charge in [-0.2, -0.15) is 0 Å². The van der Waals surface area contributed by atoms with Crippen molar-refractivity contribution in [2.24, 2.45) is 0 Å². The molecular weight excluding hydrogens is 212 g/mol. The van der Waals surface area contributed by atoms with E-state index in [1.54, 1.807) is 0 Å². The van der Waals surface area contributed by atoms with Crippen LogP contribution in [0.5, 0.6) is 0 Å². The van der Waals surface area contributed by atoms with Crippen LogP contribution in [0.3, 0.4) is 0 Å². The van der Waals surface area contributed by atoms with E-state index >= 15 is 0 Å². The molecular formula is C14H20N2O. The van der Waals surface area contributed by atoms with Crippen molar-refractivity contribution in [2.75, 3.05) is 13.2 Å². The number of pyridine rings is 1. The van der Waals surface area contributed by atoms with Gasteiger partial charge in [0, 0.05) is 12.1 Å². The summed E-state index contributed by atoms with van der Waals surface area (Å²) in [5.41, 5.74) is 2.09. The first-order valence-corrected chi connectivity index (χ1v) is 6.31. The smallest absolute Gasteiger partial charge is 0.115 e. The average molecular weight is 232 g/mol. The van der Waals surface area contributed by atoms with Gasteiger partial charge in [-0.25, -0.2) is 0 Å². The molecule has 17 heavy (non-hydrogen) atoms. The summed E-state index contributed by atoms with van der Waals surface area (Å²) in [6.07, 6.45) is 4.28. The maximum atomic E-state index is 5.67. The second-order valence-electron chi connectivity index (χ2n) is 4.33. The van der Waals surface area contributed by atoms with Gasteiger partial charge >= 0.3 is 0 Å². The lowest BCUT2D eigenvalue weighted by molar-refractivity contribution is 0.214. The first kappa shape index (κ1) is 12.1. The van der Waals surface area contributed by atoms with Crippen LogP contribution < -0.4 is 5.32 Å². The lowest BCUT2D eigenvalue weighted by atomic mass is 10.1. The van der Waals surface area contributed by atoms with Crippen LogP contribution in [0.2, 0.25) is 0 Å². The molecule has 1 unspecified atom stereocenters. The summed E-state index contributed by atoms with van der Waals surface area (Å²) in [6, 6.07) is 6.23.